The van der Waals surface area contributed by atoms with Crippen LogP contribution in [0, 0.1) is 0 Å². The van der Waals surface area contributed by atoms with Crippen molar-refractivity contribution in [3.63, 3.8) is 0 Å². The molecule has 0 fully saturated rings. The molecule has 0 bridgehead atoms. The molecule has 0 aliphatic rings. The summed E-state index contributed by atoms with van der Waals surface area (Å²) in [6, 6.07) is 0. The topological polar surface area (TPSA) is 46.5 Å². The van der Waals surface area contributed by atoms with Crippen LogP contribution in [0.2, 0.25) is 0 Å². The second-order valence-corrected chi connectivity index (χ2v) is 3.18. The Bertz CT molecular complexity index is 123. The minimum atomic E-state index is -0.194. The molecule has 0 unspecified atom stereocenters. The summed E-state index contributed by atoms with van der Waals surface area (Å²) in [6.45, 7) is 2.28. The molecule has 0 aromatic heterocycles. The molecule has 0 aromatic rings. The van der Waals surface area contributed by atoms with Crippen LogP contribution in [0.25, 0.3) is 0 Å². The summed E-state index contributed by atoms with van der Waals surface area (Å²) in [4.78, 5) is 10.4. The number of aliphatic hydroxyl groups is 1. The van der Waals surface area contributed by atoms with Gasteiger partial charge in [-0.05, 0) is 12.8 Å². The SMILES string of the molecule is CC(=O)OCCCCCCCCO. The Morgan fingerprint density at radius 1 is 1.08 bits per heavy atom. The second-order valence-electron chi connectivity index (χ2n) is 3.18. The summed E-state index contributed by atoms with van der Waals surface area (Å²) in [5, 5.41) is 8.51. The quantitative estimate of drug-likeness (QED) is 0.467. The van der Waals surface area contributed by atoms with Gasteiger partial charge in [0.2, 0.25) is 0 Å². The fourth-order valence-electron chi connectivity index (χ4n) is 1.14. The van der Waals surface area contributed by atoms with E-state index in [0.29, 0.717) is 13.2 Å². The first-order valence-electron chi connectivity index (χ1n) is 5.01. The van der Waals surface area contributed by atoms with E-state index in [1.54, 1.807) is 0 Å². The maximum atomic E-state index is 10.4. The van der Waals surface area contributed by atoms with E-state index in [1.807, 2.05) is 0 Å². The van der Waals surface area contributed by atoms with Crippen LogP contribution in [0.5, 0.6) is 0 Å². The molecule has 0 heterocycles. The van der Waals surface area contributed by atoms with Crippen LogP contribution >= 0.6 is 0 Å². The van der Waals surface area contributed by atoms with Crippen LogP contribution in [0.4, 0.5) is 0 Å². The van der Waals surface area contributed by atoms with E-state index >= 15 is 0 Å². The van der Waals surface area contributed by atoms with Gasteiger partial charge in [-0.1, -0.05) is 25.7 Å². The Hall–Kier alpha value is -0.570. The van der Waals surface area contributed by atoms with Crippen LogP contribution in [-0.2, 0) is 9.53 Å². The summed E-state index contributed by atoms with van der Waals surface area (Å²) in [7, 11) is 0. The second kappa shape index (κ2) is 9.52. The van der Waals surface area contributed by atoms with Crippen LogP contribution in [0.15, 0.2) is 0 Å². The highest BCUT2D eigenvalue weighted by Crippen LogP contribution is 2.04. The minimum absolute atomic E-state index is 0.194. The van der Waals surface area contributed by atoms with Gasteiger partial charge in [-0.3, -0.25) is 4.79 Å². The fourth-order valence-corrected chi connectivity index (χ4v) is 1.14. The van der Waals surface area contributed by atoms with E-state index in [9.17, 15) is 4.79 Å². The highest BCUT2D eigenvalue weighted by molar-refractivity contribution is 5.65. The Balaban J connectivity index is 2.87. The molecule has 0 aromatic carbocycles. The lowest BCUT2D eigenvalue weighted by Crippen LogP contribution is -2.00. The third-order valence-electron chi connectivity index (χ3n) is 1.86. The van der Waals surface area contributed by atoms with Crippen molar-refractivity contribution >= 4 is 5.97 Å². The first-order chi connectivity index (χ1) is 6.27. The van der Waals surface area contributed by atoms with Gasteiger partial charge in [-0.25, -0.2) is 0 Å². The molecule has 0 aliphatic carbocycles. The summed E-state index contributed by atoms with van der Waals surface area (Å²) in [6.07, 6.45) is 6.41. The van der Waals surface area contributed by atoms with Gasteiger partial charge in [-0.2, -0.15) is 0 Å². The molecule has 3 nitrogen and oxygen atoms in total. The molecule has 0 saturated heterocycles. The number of aliphatic hydroxyl groups excluding tert-OH is 1. The van der Waals surface area contributed by atoms with E-state index in [0.717, 1.165) is 25.7 Å². The molecule has 3 heteroatoms. The zero-order chi connectivity index (χ0) is 9.94. The number of unbranched alkanes of at least 4 members (excludes halogenated alkanes) is 5. The van der Waals surface area contributed by atoms with E-state index in [4.69, 9.17) is 9.84 Å². The number of esters is 1. The lowest BCUT2D eigenvalue weighted by atomic mass is 10.1. The van der Waals surface area contributed by atoms with Crippen molar-refractivity contribution in [2.24, 2.45) is 0 Å². The summed E-state index contributed by atoms with van der Waals surface area (Å²) >= 11 is 0. The average molecular weight is 188 g/mol. The average Bonchev–Trinajstić information content (AvgIpc) is 2.09. The van der Waals surface area contributed by atoms with Gasteiger partial charge in [0.15, 0.2) is 0 Å². The largest absolute Gasteiger partial charge is 0.466 e. The third-order valence-corrected chi connectivity index (χ3v) is 1.86. The van der Waals surface area contributed by atoms with E-state index < -0.39 is 0 Å². The number of carbonyl (C=O) groups excluding carboxylic acids is 1. The highest BCUT2D eigenvalue weighted by atomic mass is 16.5. The Kier molecular flexibility index (Phi) is 9.10. The van der Waals surface area contributed by atoms with Crippen molar-refractivity contribution in [2.75, 3.05) is 13.2 Å². The molecular formula is C10H20O3. The van der Waals surface area contributed by atoms with Crippen LogP contribution in [0.3, 0.4) is 0 Å². The number of rotatable bonds is 8. The monoisotopic (exact) mass is 188 g/mol. The molecule has 1 N–H and O–H groups in total. The zero-order valence-electron chi connectivity index (χ0n) is 8.42. The van der Waals surface area contributed by atoms with Crippen molar-refractivity contribution < 1.29 is 14.6 Å². The maximum Gasteiger partial charge on any atom is 0.302 e. The van der Waals surface area contributed by atoms with Gasteiger partial charge in [-0.15, -0.1) is 0 Å². The molecule has 0 atom stereocenters. The van der Waals surface area contributed by atoms with Gasteiger partial charge < -0.3 is 9.84 Å². The summed E-state index contributed by atoms with van der Waals surface area (Å²) in [5.74, 6) is -0.194. The predicted octanol–water partition coefficient (Wildman–Crippen LogP) is 1.88. The molecule has 78 valence electrons. The molecule has 13 heavy (non-hydrogen) atoms. The lowest BCUT2D eigenvalue weighted by molar-refractivity contribution is -0.141. The molecule has 0 spiro atoms. The summed E-state index contributed by atoms with van der Waals surface area (Å²) < 4.78 is 4.79. The number of hydrogen-bond donors (Lipinski definition) is 1. The number of ether oxygens (including phenoxy) is 1. The Labute approximate surface area is 80.1 Å². The smallest absolute Gasteiger partial charge is 0.302 e. The summed E-state index contributed by atoms with van der Waals surface area (Å²) in [5.41, 5.74) is 0. The van der Waals surface area contributed by atoms with E-state index in [2.05, 4.69) is 0 Å². The van der Waals surface area contributed by atoms with Crippen LogP contribution < -0.4 is 0 Å². The zero-order valence-corrected chi connectivity index (χ0v) is 8.42. The number of hydrogen-bond acceptors (Lipinski definition) is 3. The standard InChI is InChI=1S/C10H20O3/c1-10(12)13-9-7-5-3-2-4-6-8-11/h11H,2-9H2,1H3. The van der Waals surface area contributed by atoms with Crippen molar-refractivity contribution in [3.8, 4) is 0 Å². The van der Waals surface area contributed by atoms with Gasteiger partial charge in [0.05, 0.1) is 6.61 Å². The van der Waals surface area contributed by atoms with Crippen molar-refractivity contribution in [1.29, 1.82) is 0 Å². The van der Waals surface area contributed by atoms with E-state index in [-0.39, 0.29) is 5.97 Å². The first-order valence-corrected chi connectivity index (χ1v) is 5.01. The van der Waals surface area contributed by atoms with Crippen LogP contribution in [-0.4, -0.2) is 24.3 Å². The van der Waals surface area contributed by atoms with Crippen molar-refractivity contribution in [1.82, 2.24) is 0 Å². The normalized spacial score (nSPS) is 10.0. The van der Waals surface area contributed by atoms with Gasteiger partial charge in [0, 0.05) is 13.5 Å². The van der Waals surface area contributed by atoms with Crippen LogP contribution in [0.1, 0.15) is 45.4 Å². The van der Waals surface area contributed by atoms with Gasteiger partial charge in [0.25, 0.3) is 0 Å². The van der Waals surface area contributed by atoms with Crippen molar-refractivity contribution in [3.05, 3.63) is 0 Å². The molecule has 0 saturated carbocycles. The lowest BCUT2D eigenvalue weighted by Gasteiger charge is -2.01. The molecule has 0 aliphatic heterocycles. The first kappa shape index (κ1) is 12.4. The predicted molar refractivity (Wildman–Crippen MR) is 51.4 cm³/mol. The van der Waals surface area contributed by atoms with Gasteiger partial charge in [0.1, 0.15) is 0 Å². The van der Waals surface area contributed by atoms with Crippen molar-refractivity contribution in [2.45, 2.75) is 45.4 Å². The minimum Gasteiger partial charge on any atom is -0.466 e. The third kappa shape index (κ3) is 11.4. The molecule has 0 amide bonds. The Morgan fingerprint density at radius 3 is 2.15 bits per heavy atom. The Morgan fingerprint density at radius 2 is 1.62 bits per heavy atom. The fraction of sp³-hybridized carbons (Fsp3) is 0.900. The number of carbonyl (C=O) groups is 1. The molecule has 0 radical (unpaired) electrons. The molecular weight excluding hydrogens is 168 g/mol. The maximum absolute atomic E-state index is 10.4. The highest BCUT2D eigenvalue weighted by Gasteiger charge is 1.93. The molecule has 0 rings (SSSR count). The van der Waals surface area contributed by atoms with Gasteiger partial charge >= 0.3 is 5.97 Å². The van der Waals surface area contributed by atoms with E-state index in [1.165, 1.54) is 19.8 Å².